The van der Waals surface area contributed by atoms with E-state index in [0.29, 0.717) is 17.9 Å². The standard InChI is InChI=1S/C23H28F3NO4/c1-22(2,3)31-21(29)27-18(15-28)6-4-5-16-7-11-19(12-8-16)30-20-13-9-17(10-14-20)23(24,25)26/h7-14,18,28H,4-6,15H2,1-3H3,(H,27,29). The first kappa shape index (κ1) is 24.5. The summed E-state index contributed by atoms with van der Waals surface area (Å²) in [6.07, 6.45) is -2.89. The molecule has 5 nitrogen and oxygen atoms in total. The van der Waals surface area contributed by atoms with Crippen LogP contribution in [0, 0.1) is 0 Å². The molecule has 0 heterocycles. The monoisotopic (exact) mass is 439 g/mol. The van der Waals surface area contributed by atoms with E-state index in [1.54, 1.807) is 32.9 Å². The van der Waals surface area contributed by atoms with Gasteiger partial charge in [0.15, 0.2) is 0 Å². The van der Waals surface area contributed by atoms with Gasteiger partial charge in [0.2, 0.25) is 0 Å². The molecule has 1 unspecified atom stereocenters. The highest BCUT2D eigenvalue weighted by Gasteiger charge is 2.30. The number of aliphatic hydroxyl groups excluding tert-OH is 1. The van der Waals surface area contributed by atoms with Crippen molar-refractivity contribution in [2.24, 2.45) is 0 Å². The molecular weight excluding hydrogens is 411 g/mol. The first-order chi connectivity index (χ1) is 14.5. The molecule has 2 rings (SSSR count). The van der Waals surface area contributed by atoms with Crippen molar-refractivity contribution in [1.82, 2.24) is 5.32 Å². The molecule has 0 aliphatic heterocycles. The summed E-state index contributed by atoms with van der Waals surface area (Å²) in [7, 11) is 0. The van der Waals surface area contributed by atoms with Crippen LogP contribution in [0.15, 0.2) is 48.5 Å². The third-order valence-corrected chi connectivity index (χ3v) is 4.30. The number of carbonyl (C=O) groups is 1. The first-order valence-corrected chi connectivity index (χ1v) is 10.0. The van der Waals surface area contributed by atoms with Crippen molar-refractivity contribution in [2.45, 2.75) is 57.9 Å². The molecule has 0 saturated heterocycles. The summed E-state index contributed by atoms with van der Waals surface area (Å²) in [5.74, 6) is 0.836. The second-order valence-electron chi connectivity index (χ2n) is 8.19. The minimum Gasteiger partial charge on any atom is -0.457 e. The molecule has 2 N–H and O–H groups in total. The summed E-state index contributed by atoms with van der Waals surface area (Å²) < 4.78 is 48.6. The maximum atomic E-state index is 12.6. The van der Waals surface area contributed by atoms with E-state index >= 15 is 0 Å². The van der Waals surface area contributed by atoms with E-state index in [0.717, 1.165) is 30.5 Å². The SMILES string of the molecule is CC(C)(C)OC(=O)NC(CO)CCCc1ccc(Oc2ccc(C(F)(F)F)cc2)cc1. The van der Waals surface area contributed by atoms with E-state index in [1.165, 1.54) is 12.1 Å². The Balaban J connectivity index is 1.81. The van der Waals surface area contributed by atoms with E-state index in [-0.39, 0.29) is 6.61 Å². The maximum absolute atomic E-state index is 12.6. The third-order valence-electron chi connectivity index (χ3n) is 4.30. The number of alkyl carbamates (subject to hydrolysis) is 1. The number of hydrogen-bond acceptors (Lipinski definition) is 4. The summed E-state index contributed by atoms with van der Waals surface area (Å²) in [5.41, 5.74) is -0.292. The van der Waals surface area contributed by atoms with E-state index in [2.05, 4.69) is 5.32 Å². The topological polar surface area (TPSA) is 67.8 Å². The van der Waals surface area contributed by atoms with Crippen LogP contribution in [0.5, 0.6) is 11.5 Å². The highest BCUT2D eigenvalue weighted by molar-refractivity contribution is 5.68. The second kappa shape index (κ2) is 10.5. The molecular formula is C23H28F3NO4. The molecule has 0 spiro atoms. The summed E-state index contributed by atoms with van der Waals surface area (Å²) in [6, 6.07) is 11.4. The Labute approximate surface area is 180 Å². The van der Waals surface area contributed by atoms with Crippen molar-refractivity contribution in [3.05, 3.63) is 59.7 Å². The van der Waals surface area contributed by atoms with E-state index < -0.39 is 29.5 Å². The quantitative estimate of drug-likeness (QED) is 0.553. The number of aliphatic hydroxyl groups is 1. The summed E-state index contributed by atoms with van der Waals surface area (Å²) in [5, 5.41) is 12.1. The van der Waals surface area contributed by atoms with Gasteiger partial charge in [-0.3, -0.25) is 0 Å². The number of aryl methyl sites for hydroxylation is 1. The molecule has 0 radical (unpaired) electrons. The zero-order valence-electron chi connectivity index (χ0n) is 17.8. The van der Waals surface area contributed by atoms with E-state index in [9.17, 15) is 23.1 Å². The number of alkyl halides is 3. The Morgan fingerprint density at radius 1 is 1.00 bits per heavy atom. The van der Waals surface area contributed by atoms with E-state index in [4.69, 9.17) is 9.47 Å². The van der Waals surface area contributed by atoms with Crippen LogP contribution in [0.2, 0.25) is 0 Å². The fourth-order valence-corrected chi connectivity index (χ4v) is 2.81. The van der Waals surface area contributed by atoms with Gasteiger partial charge in [0.1, 0.15) is 17.1 Å². The second-order valence-corrected chi connectivity index (χ2v) is 8.19. The van der Waals surface area contributed by atoms with Crippen molar-refractivity contribution < 1.29 is 32.5 Å². The fraction of sp³-hybridized carbons (Fsp3) is 0.435. The molecule has 0 aliphatic carbocycles. The maximum Gasteiger partial charge on any atom is 0.416 e. The molecule has 31 heavy (non-hydrogen) atoms. The molecule has 8 heteroatoms. The van der Waals surface area contributed by atoms with Gasteiger partial charge >= 0.3 is 12.3 Å². The molecule has 0 aliphatic rings. The average Bonchev–Trinajstić information content (AvgIpc) is 2.67. The first-order valence-electron chi connectivity index (χ1n) is 10.0. The lowest BCUT2D eigenvalue weighted by atomic mass is 10.0. The van der Waals surface area contributed by atoms with Crippen LogP contribution in [-0.2, 0) is 17.3 Å². The lowest BCUT2D eigenvalue weighted by Gasteiger charge is -2.22. The molecule has 1 atom stereocenters. The molecule has 0 saturated carbocycles. The average molecular weight is 439 g/mol. The minimum absolute atomic E-state index is 0.181. The summed E-state index contributed by atoms with van der Waals surface area (Å²) >= 11 is 0. The van der Waals surface area contributed by atoms with E-state index in [1.807, 2.05) is 12.1 Å². The van der Waals surface area contributed by atoms with Crippen LogP contribution in [0.4, 0.5) is 18.0 Å². The number of carbonyl (C=O) groups excluding carboxylic acids is 1. The van der Waals surface area contributed by atoms with Gasteiger partial charge in [-0.25, -0.2) is 4.79 Å². The Kier molecular flexibility index (Phi) is 8.33. The largest absolute Gasteiger partial charge is 0.457 e. The minimum atomic E-state index is -4.38. The third kappa shape index (κ3) is 8.88. The molecule has 2 aromatic carbocycles. The molecule has 0 aromatic heterocycles. The van der Waals surface area contributed by atoms with Crippen LogP contribution in [0.1, 0.15) is 44.7 Å². The van der Waals surface area contributed by atoms with Gasteiger partial charge in [0.05, 0.1) is 18.2 Å². The van der Waals surface area contributed by atoms with Crippen molar-refractivity contribution in [3.63, 3.8) is 0 Å². The van der Waals surface area contributed by atoms with Crippen LogP contribution in [0.25, 0.3) is 0 Å². The Morgan fingerprint density at radius 2 is 1.55 bits per heavy atom. The van der Waals surface area contributed by atoms with Crippen LogP contribution in [-0.4, -0.2) is 29.4 Å². The van der Waals surface area contributed by atoms with Crippen LogP contribution >= 0.6 is 0 Å². The number of hydrogen-bond donors (Lipinski definition) is 2. The Bertz CT molecular complexity index is 828. The molecule has 1 amide bonds. The Morgan fingerprint density at radius 3 is 2.03 bits per heavy atom. The van der Waals surface area contributed by atoms with Crippen molar-refractivity contribution in [1.29, 1.82) is 0 Å². The highest BCUT2D eigenvalue weighted by Crippen LogP contribution is 2.31. The number of benzene rings is 2. The van der Waals surface area contributed by atoms with Gasteiger partial charge in [-0.2, -0.15) is 13.2 Å². The Hall–Kier alpha value is -2.74. The van der Waals surface area contributed by atoms with Crippen molar-refractivity contribution >= 4 is 6.09 Å². The number of ether oxygens (including phenoxy) is 2. The van der Waals surface area contributed by atoms with Gasteiger partial charge < -0.3 is 19.9 Å². The van der Waals surface area contributed by atoms with Gasteiger partial charge in [-0.05, 0) is 82.0 Å². The summed E-state index contributed by atoms with van der Waals surface area (Å²) in [4.78, 5) is 11.8. The van der Waals surface area contributed by atoms with Gasteiger partial charge in [-0.1, -0.05) is 12.1 Å². The zero-order valence-corrected chi connectivity index (χ0v) is 17.8. The number of halogens is 3. The van der Waals surface area contributed by atoms with Gasteiger partial charge in [0.25, 0.3) is 0 Å². The fourth-order valence-electron chi connectivity index (χ4n) is 2.81. The smallest absolute Gasteiger partial charge is 0.416 e. The van der Waals surface area contributed by atoms with Crippen molar-refractivity contribution in [2.75, 3.05) is 6.61 Å². The highest BCUT2D eigenvalue weighted by atomic mass is 19.4. The normalized spacial score (nSPS) is 12.9. The lowest BCUT2D eigenvalue weighted by molar-refractivity contribution is -0.137. The predicted molar refractivity (Wildman–Crippen MR) is 111 cm³/mol. The number of amides is 1. The molecule has 2 aromatic rings. The van der Waals surface area contributed by atoms with Gasteiger partial charge in [0, 0.05) is 0 Å². The van der Waals surface area contributed by atoms with Crippen LogP contribution < -0.4 is 10.1 Å². The van der Waals surface area contributed by atoms with Crippen LogP contribution in [0.3, 0.4) is 0 Å². The molecule has 170 valence electrons. The zero-order chi connectivity index (χ0) is 23.1. The molecule has 0 fully saturated rings. The lowest BCUT2D eigenvalue weighted by Crippen LogP contribution is -2.41. The summed E-state index contributed by atoms with van der Waals surface area (Å²) in [6.45, 7) is 5.13. The molecule has 0 bridgehead atoms. The predicted octanol–water partition coefficient (Wildman–Crippen LogP) is 5.71. The van der Waals surface area contributed by atoms with Crippen molar-refractivity contribution in [3.8, 4) is 11.5 Å². The number of nitrogens with one attached hydrogen (secondary N) is 1. The number of rotatable bonds is 8. The van der Waals surface area contributed by atoms with Gasteiger partial charge in [-0.15, -0.1) is 0 Å².